The Balaban J connectivity index is 0.863. The van der Waals surface area contributed by atoms with Crippen LogP contribution in [0.5, 0.6) is 5.75 Å². The van der Waals surface area contributed by atoms with E-state index < -0.39 is 63.5 Å². The van der Waals surface area contributed by atoms with Gasteiger partial charge in [-0.05, 0) is 251 Å². The topological polar surface area (TPSA) is 232 Å². The van der Waals surface area contributed by atoms with Gasteiger partial charge >= 0.3 is 5.97 Å². The number of phenolic OH excluding ortho intramolecular Hbond substituents is 1. The first kappa shape index (κ1) is 64.3. The number of phenols is 1. The van der Waals surface area contributed by atoms with E-state index in [1.54, 1.807) is 12.1 Å². The summed E-state index contributed by atoms with van der Waals surface area (Å²) < 4.78 is 14.8. The summed E-state index contributed by atoms with van der Waals surface area (Å²) in [5.41, 5.74) is 11.3. The molecule has 8 aliphatic carbocycles. The number of carbonyl (C=O) groups is 3. The van der Waals surface area contributed by atoms with Gasteiger partial charge < -0.3 is 62.4 Å². The number of hydrogen-bond donors (Lipinski definition) is 10. The Morgan fingerprint density at radius 1 is 0.907 bits per heavy atom. The molecule has 15 aliphatic rings. The standard InChI is InChI=1S/C82H105N7O8/c1-5-88-80-39-52-16-10-14-49-13-6-7-26-76(3)36-48-31-62(73(83)87-43-48)60(51-15-11-18-56(91)32-51)34-64-63(41-80)61(35-67(92)79(64)45-77(27-8-9-28-77)78(46-79)38-53-25-29-85-66(53)42-78)70(65(80)33-59(49)52)96-75(95)82-72(94)69-54(37-76)17-12-19-58(69)71(93)81(82,97-82)40-55(44-90)47(2)20-21-50-24-30-86-74-57(50)22-23-68(84-4)89-74/h10-12,15-19,24-25,29,31-32,39,43,49,53,59-61,63-68,70,73,84-92H,5-9,13-14,20-23,26-28,30,33-38,40-42,44-46,83H2,1-4H3. The van der Waals surface area contributed by atoms with Gasteiger partial charge in [-0.15, -0.1) is 0 Å². The minimum atomic E-state index is -2.34. The Bertz CT molecular complexity index is 3850. The highest BCUT2D eigenvalue weighted by molar-refractivity contribution is 6.33. The lowest BCUT2D eigenvalue weighted by Crippen LogP contribution is -2.68. The monoisotopic (exact) mass is 1320 g/mol. The predicted molar refractivity (Wildman–Crippen MR) is 374 cm³/mol. The van der Waals surface area contributed by atoms with E-state index >= 15 is 14.4 Å². The Hall–Kier alpha value is -6.07. The van der Waals surface area contributed by atoms with E-state index in [1.165, 1.54) is 29.6 Å². The molecule has 15 heteroatoms. The minimum Gasteiger partial charge on any atom is -0.508 e. The van der Waals surface area contributed by atoms with Gasteiger partial charge in [0, 0.05) is 65.0 Å². The molecule has 17 rings (SSSR count). The second kappa shape index (κ2) is 23.8. The van der Waals surface area contributed by atoms with Gasteiger partial charge in [0.15, 0.2) is 11.4 Å². The number of benzene rings is 2. The van der Waals surface area contributed by atoms with Crippen LogP contribution < -0.4 is 37.6 Å². The fourth-order valence-corrected chi connectivity index (χ4v) is 24.8. The van der Waals surface area contributed by atoms with E-state index in [9.17, 15) is 15.3 Å². The average Bonchev–Trinajstić information content (AvgIpc) is 1.50. The first-order chi connectivity index (χ1) is 46.9. The third-order valence-electron chi connectivity index (χ3n) is 29.2. The Kier molecular flexibility index (Phi) is 15.8. The van der Waals surface area contributed by atoms with Crippen LogP contribution in [0.3, 0.4) is 0 Å². The number of aliphatic hydroxyl groups is 2. The molecule has 516 valence electrons. The number of ketones is 2. The van der Waals surface area contributed by atoms with E-state index in [-0.39, 0.29) is 82.4 Å². The molecule has 1 saturated heterocycles. The number of fused-ring (bicyclic) bond motifs is 6. The number of nitrogens with one attached hydrogen (secondary N) is 6. The third-order valence-corrected chi connectivity index (χ3v) is 29.2. The maximum atomic E-state index is 17.1. The number of esters is 1. The van der Waals surface area contributed by atoms with Crippen molar-refractivity contribution < 1.29 is 39.2 Å². The van der Waals surface area contributed by atoms with Gasteiger partial charge in [0.25, 0.3) is 5.60 Å². The summed E-state index contributed by atoms with van der Waals surface area (Å²) in [6.07, 6.45) is 37.0. The lowest BCUT2D eigenvalue weighted by molar-refractivity contribution is -0.199. The number of allylic oxidation sites excluding steroid dienone is 8. The van der Waals surface area contributed by atoms with Gasteiger partial charge in [0.2, 0.25) is 5.78 Å². The molecule has 7 aliphatic heterocycles. The van der Waals surface area contributed by atoms with Crippen LogP contribution in [0.1, 0.15) is 206 Å². The van der Waals surface area contributed by atoms with Gasteiger partial charge in [-0.1, -0.05) is 112 Å². The van der Waals surface area contributed by atoms with Crippen LogP contribution >= 0.6 is 0 Å². The minimum absolute atomic E-state index is 0.00000123. The number of aromatic hydroxyl groups is 1. The van der Waals surface area contributed by atoms with Crippen LogP contribution in [-0.2, 0) is 20.7 Å². The molecular formula is C82H105N7O8. The highest BCUT2D eigenvalue weighted by Gasteiger charge is 2.86. The molecule has 4 spiro atoms. The van der Waals surface area contributed by atoms with Crippen LogP contribution in [0.2, 0.25) is 0 Å². The van der Waals surface area contributed by atoms with Crippen LogP contribution in [0.25, 0.3) is 0 Å². The number of epoxide rings is 1. The van der Waals surface area contributed by atoms with Gasteiger partial charge in [0.05, 0.1) is 25.0 Å². The number of rotatable bonds is 10. The molecule has 5 saturated carbocycles. The van der Waals surface area contributed by atoms with Gasteiger partial charge in [0.1, 0.15) is 17.7 Å². The molecule has 19 atom stereocenters. The molecule has 2 aromatic rings. The molecule has 0 amide bonds. The van der Waals surface area contributed by atoms with E-state index in [2.05, 4.69) is 101 Å². The molecule has 6 fully saturated rings. The van der Waals surface area contributed by atoms with Crippen molar-refractivity contribution in [1.82, 2.24) is 31.9 Å². The zero-order valence-corrected chi connectivity index (χ0v) is 57.7. The normalized spacial score (nSPS) is 41.9. The van der Waals surface area contributed by atoms with Crippen molar-refractivity contribution in [2.75, 3.05) is 26.7 Å². The smallest absolute Gasteiger partial charge is 0.350 e. The maximum absolute atomic E-state index is 17.1. The fourth-order valence-electron chi connectivity index (χ4n) is 24.8. The second-order valence-corrected chi connectivity index (χ2v) is 34.0. The van der Waals surface area contributed by atoms with Crippen molar-refractivity contribution in [2.45, 2.75) is 228 Å². The van der Waals surface area contributed by atoms with Crippen molar-refractivity contribution in [1.29, 1.82) is 0 Å². The largest absolute Gasteiger partial charge is 0.508 e. The Labute approximate surface area is 573 Å². The molecule has 0 aromatic heterocycles. The number of nitrogens with two attached hydrogens (primary N) is 1. The number of ether oxygens (including phenoxy) is 2. The van der Waals surface area contributed by atoms with E-state index in [1.807, 2.05) is 38.2 Å². The highest BCUT2D eigenvalue weighted by Crippen LogP contribution is 2.78. The van der Waals surface area contributed by atoms with Crippen LogP contribution in [0, 0.1) is 63.1 Å². The second-order valence-electron chi connectivity index (χ2n) is 34.0. The average molecular weight is 1320 g/mol. The van der Waals surface area contributed by atoms with Crippen molar-refractivity contribution in [3.8, 4) is 5.75 Å². The molecule has 7 heterocycles. The predicted octanol–water partition coefficient (Wildman–Crippen LogP) is 11.5. The molecule has 15 nitrogen and oxygen atoms in total. The zero-order valence-electron chi connectivity index (χ0n) is 57.7. The lowest BCUT2D eigenvalue weighted by Gasteiger charge is -2.63. The number of likely N-dealkylation sites (N-methyl/N-ethyl adjacent to an activating group) is 1. The van der Waals surface area contributed by atoms with E-state index in [4.69, 9.17) is 15.2 Å². The summed E-state index contributed by atoms with van der Waals surface area (Å²) in [7, 11) is 1.97. The number of hydrogen-bond acceptors (Lipinski definition) is 15. The summed E-state index contributed by atoms with van der Waals surface area (Å²) in [6, 6.07) is 13.9. The SMILES string of the molecule is CCNC12C=C3C=CCC4CCCCC5(C)CC6=CNC(N)C(=C6)C(c6cccc(O)c6)CC6C(C1)C(CC(O)C61CC6(CCCC6)C6(CC7C=CNC7C6)C1)C(OC(=O)C16OC1(CC(CO)=C(C)CCC1=CCNC7=C1CCC(NC)N7)C(=O)c1cccc(c1C6=O)C5)C2CC34. The van der Waals surface area contributed by atoms with E-state index in [0.29, 0.717) is 80.6 Å². The zero-order chi connectivity index (χ0) is 66.6. The number of dihydropyridines is 2. The number of Topliss-reactive ketones (excluding diaryl/α,β-unsaturated/α-hetero) is 2. The molecule has 2 aromatic carbocycles. The fraction of sp³-hybridized carbons (Fsp3) is 0.622. The first-order valence-electron chi connectivity index (χ1n) is 37.9. The van der Waals surface area contributed by atoms with Gasteiger partial charge in [-0.25, -0.2) is 4.79 Å². The maximum Gasteiger partial charge on any atom is 0.350 e. The Morgan fingerprint density at radius 2 is 1.74 bits per heavy atom. The van der Waals surface area contributed by atoms with Crippen LogP contribution in [0.4, 0.5) is 0 Å². The van der Waals surface area contributed by atoms with Crippen molar-refractivity contribution in [3.05, 3.63) is 158 Å². The third kappa shape index (κ3) is 9.91. The van der Waals surface area contributed by atoms with Crippen molar-refractivity contribution in [2.24, 2.45) is 68.8 Å². The molecule has 11 bridgehead atoms. The Morgan fingerprint density at radius 3 is 2.56 bits per heavy atom. The molecular weight excluding hydrogens is 1210 g/mol. The van der Waals surface area contributed by atoms with Crippen molar-refractivity contribution >= 4 is 17.5 Å². The highest BCUT2D eigenvalue weighted by atomic mass is 16.7. The van der Waals surface area contributed by atoms with Crippen LogP contribution in [0.15, 0.2) is 136 Å². The van der Waals surface area contributed by atoms with Crippen molar-refractivity contribution in [3.63, 3.8) is 0 Å². The number of aliphatic hydroxyl groups excluding tert-OH is 2. The van der Waals surface area contributed by atoms with Gasteiger partial charge in [-0.3, -0.25) is 9.59 Å². The van der Waals surface area contributed by atoms with Crippen LogP contribution in [-0.4, -0.2) is 107 Å². The summed E-state index contributed by atoms with van der Waals surface area (Å²) in [5, 5.41) is 60.1. The molecule has 19 unspecified atom stereocenters. The molecule has 11 N–H and O–H groups in total. The summed E-state index contributed by atoms with van der Waals surface area (Å²) in [4.78, 5) is 50.4. The van der Waals surface area contributed by atoms with E-state index in [0.717, 1.165) is 124 Å². The molecule has 0 radical (unpaired) electrons. The van der Waals surface area contributed by atoms with Gasteiger partial charge in [-0.2, -0.15) is 0 Å². The first-order valence-corrected chi connectivity index (χ1v) is 37.9. The number of carbonyl (C=O) groups excluding carboxylic acids is 3. The summed E-state index contributed by atoms with van der Waals surface area (Å²) in [5.74, 6) is -0.658. The lowest BCUT2D eigenvalue weighted by atomic mass is 9.45. The molecule has 97 heavy (non-hydrogen) atoms. The summed E-state index contributed by atoms with van der Waals surface area (Å²) in [6.45, 7) is 7.53. The summed E-state index contributed by atoms with van der Waals surface area (Å²) >= 11 is 0. The quantitative estimate of drug-likeness (QED) is 0.0461.